The molecule has 0 saturated carbocycles. The second kappa shape index (κ2) is 13.8. The Bertz CT molecular complexity index is 1050. The number of hydrogen-bond donors (Lipinski definition) is 0. The molecule has 0 amide bonds. The molecule has 3 nitrogen and oxygen atoms in total. The second-order valence-corrected chi connectivity index (χ2v) is 10.9. The first-order chi connectivity index (χ1) is 18.3. The fourth-order valence-corrected chi connectivity index (χ4v) is 6.61. The van der Waals surface area contributed by atoms with Crippen molar-refractivity contribution in [2.24, 2.45) is 5.92 Å². The standard InChI is InChI=1S/C34H52FN3/c1-10-36(11-2)27-16-18-29(24(7)22-27)34(31-19-17-28(23-32(31)35)37(12-3)13-4)30-20-21-33(26(9)25(30)8)38(14-5)15-6/h16-21,23,26-27,33-34H,10-15,22H2,1-9H3. The fraction of sp³-hybridized carbons (Fsp3) is 0.588. The maximum Gasteiger partial charge on any atom is 0.129 e. The molecule has 38 heavy (non-hydrogen) atoms. The van der Waals surface area contributed by atoms with E-state index in [1.165, 1.54) is 22.3 Å². The van der Waals surface area contributed by atoms with Gasteiger partial charge in [-0.1, -0.05) is 76.1 Å². The molecule has 3 rings (SSSR count). The van der Waals surface area contributed by atoms with Crippen molar-refractivity contribution in [1.82, 2.24) is 9.80 Å². The molecular weight excluding hydrogens is 469 g/mol. The van der Waals surface area contributed by atoms with E-state index in [-0.39, 0.29) is 11.7 Å². The summed E-state index contributed by atoms with van der Waals surface area (Å²) in [5.74, 6) is 0.171. The summed E-state index contributed by atoms with van der Waals surface area (Å²) in [5, 5.41) is 0. The molecule has 0 radical (unpaired) electrons. The van der Waals surface area contributed by atoms with E-state index in [4.69, 9.17) is 0 Å². The van der Waals surface area contributed by atoms with E-state index in [2.05, 4.69) is 107 Å². The van der Waals surface area contributed by atoms with E-state index in [9.17, 15) is 0 Å². The Morgan fingerprint density at radius 1 is 0.816 bits per heavy atom. The van der Waals surface area contributed by atoms with Crippen LogP contribution in [-0.2, 0) is 0 Å². The average molecular weight is 522 g/mol. The van der Waals surface area contributed by atoms with E-state index in [0.29, 0.717) is 18.0 Å². The highest BCUT2D eigenvalue weighted by Gasteiger charge is 2.33. The van der Waals surface area contributed by atoms with E-state index in [1.54, 1.807) is 6.07 Å². The van der Waals surface area contributed by atoms with Crippen molar-refractivity contribution in [2.75, 3.05) is 44.2 Å². The van der Waals surface area contributed by atoms with E-state index in [1.807, 2.05) is 6.07 Å². The molecule has 0 saturated heterocycles. The Morgan fingerprint density at radius 3 is 1.95 bits per heavy atom. The van der Waals surface area contributed by atoms with Gasteiger partial charge in [0.25, 0.3) is 0 Å². The molecule has 0 bridgehead atoms. The third kappa shape index (κ3) is 6.18. The summed E-state index contributed by atoms with van der Waals surface area (Å²) in [6.45, 7) is 25.9. The van der Waals surface area contributed by atoms with Gasteiger partial charge < -0.3 is 4.90 Å². The lowest BCUT2D eigenvalue weighted by atomic mass is 9.73. The van der Waals surface area contributed by atoms with Gasteiger partial charge in [-0.15, -0.1) is 0 Å². The van der Waals surface area contributed by atoms with Gasteiger partial charge in [-0.05, 0) is 95.1 Å². The van der Waals surface area contributed by atoms with E-state index in [0.717, 1.165) is 56.9 Å². The zero-order valence-corrected chi connectivity index (χ0v) is 25.5. The largest absolute Gasteiger partial charge is 0.372 e. The van der Waals surface area contributed by atoms with Crippen LogP contribution >= 0.6 is 0 Å². The quantitative estimate of drug-likeness (QED) is 0.276. The molecule has 0 heterocycles. The van der Waals surface area contributed by atoms with Crippen LogP contribution in [0.3, 0.4) is 0 Å². The van der Waals surface area contributed by atoms with Crippen LogP contribution in [0.25, 0.3) is 0 Å². The highest BCUT2D eigenvalue weighted by Crippen LogP contribution is 2.44. The molecule has 210 valence electrons. The summed E-state index contributed by atoms with van der Waals surface area (Å²) in [7, 11) is 0. The highest BCUT2D eigenvalue weighted by molar-refractivity contribution is 5.56. The first-order valence-corrected chi connectivity index (χ1v) is 15.0. The molecule has 4 atom stereocenters. The predicted octanol–water partition coefficient (Wildman–Crippen LogP) is 7.98. The van der Waals surface area contributed by atoms with Gasteiger partial charge in [0, 0.05) is 36.8 Å². The minimum atomic E-state index is -0.106. The van der Waals surface area contributed by atoms with Crippen molar-refractivity contribution in [1.29, 1.82) is 0 Å². The molecule has 0 fully saturated rings. The number of benzene rings is 1. The molecule has 4 unspecified atom stereocenters. The van der Waals surface area contributed by atoms with Crippen LogP contribution in [0.1, 0.15) is 80.2 Å². The maximum absolute atomic E-state index is 16.1. The Hall–Kier alpha value is -2.17. The molecule has 2 aliphatic carbocycles. The van der Waals surface area contributed by atoms with Gasteiger partial charge in [0.05, 0.1) is 0 Å². The Morgan fingerprint density at radius 2 is 1.42 bits per heavy atom. The SMILES string of the molecule is CCN(CC)c1ccc(C(C2=C(C)CC(N(CC)CC)C=C2)C2=C(C)C(C)C(N(CC)CC)C=C2)c(F)c1. The number of allylic oxidation sites excluding steroid dienone is 4. The van der Waals surface area contributed by atoms with Crippen LogP contribution < -0.4 is 4.90 Å². The monoisotopic (exact) mass is 521 g/mol. The third-order valence-corrected chi connectivity index (χ3v) is 9.19. The van der Waals surface area contributed by atoms with Gasteiger partial charge >= 0.3 is 0 Å². The van der Waals surface area contributed by atoms with Crippen molar-refractivity contribution >= 4 is 5.69 Å². The van der Waals surface area contributed by atoms with Crippen LogP contribution in [0.15, 0.2) is 64.8 Å². The zero-order chi connectivity index (χ0) is 28.0. The van der Waals surface area contributed by atoms with Gasteiger partial charge in [-0.2, -0.15) is 0 Å². The number of likely N-dealkylation sites (N-methyl/N-ethyl adjacent to an activating group) is 2. The number of hydrogen-bond acceptors (Lipinski definition) is 3. The zero-order valence-electron chi connectivity index (χ0n) is 25.5. The molecule has 2 aliphatic rings. The molecule has 0 aromatic heterocycles. The Kier molecular flexibility index (Phi) is 11.0. The van der Waals surface area contributed by atoms with Gasteiger partial charge in [-0.25, -0.2) is 4.39 Å². The topological polar surface area (TPSA) is 9.72 Å². The lowest BCUT2D eigenvalue weighted by molar-refractivity contribution is 0.213. The number of halogens is 1. The van der Waals surface area contributed by atoms with Gasteiger partial charge in [-0.3, -0.25) is 9.80 Å². The molecule has 0 spiro atoms. The number of rotatable bonds is 12. The molecule has 0 N–H and O–H groups in total. The Labute approximate surface area is 232 Å². The second-order valence-electron chi connectivity index (χ2n) is 10.9. The maximum atomic E-state index is 16.1. The van der Waals surface area contributed by atoms with Gasteiger partial charge in [0.15, 0.2) is 0 Å². The molecule has 0 aliphatic heterocycles. The van der Waals surface area contributed by atoms with Gasteiger partial charge in [0.1, 0.15) is 5.82 Å². The molecule has 1 aromatic carbocycles. The molecular formula is C34H52FN3. The minimum Gasteiger partial charge on any atom is -0.372 e. The predicted molar refractivity (Wildman–Crippen MR) is 164 cm³/mol. The molecule has 4 heteroatoms. The van der Waals surface area contributed by atoms with E-state index >= 15 is 4.39 Å². The summed E-state index contributed by atoms with van der Waals surface area (Å²) < 4.78 is 16.1. The summed E-state index contributed by atoms with van der Waals surface area (Å²) in [6, 6.07) is 6.71. The number of nitrogens with zero attached hydrogens (tertiary/aromatic N) is 3. The summed E-state index contributed by atoms with van der Waals surface area (Å²) >= 11 is 0. The molecule has 1 aromatic rings. The Balaban J connectivity index is 2.13. The van der Waals surface area contributed by atoms with Crippen LogP contribution in [0.2, 0.25) is 0 Å². The van der Waals surface area contributed by atoms with Crippen molar-refractivity contribution in [3.8, 4) is 0 Å². The van der Waals surface area contributed by atoms with Crippen LogP contribution in [0, 0.1) is 11.7 Å². The van der Waals surface area contributed by atoms with Crippen LogP contribution in [-0.4, -0.2) is 61.2 Å². The first-order valence-electron chi connectivity index (χ1n) is 15.0. The normalized spacial score (nSPS) is 22.7. The van der Waals surface area contributed by atoms with Gasteiger partial charge in [0.2, 0.25) is 0 Å². The van der Waals surface area contributed by atoms with Crippen molar-refractivity contribution in [2.45, 2.75) is 86.7 Å². The number of anilines is 1. The highest BCUT2D eigenvalue weighted by atomic mass is 19.1. The summed E-state index contributed by atoms with van der Waals surface area (Å²) in [6.07, 6.45) is 10.3. The van der Waals surface area contributed by atoms with Crippen LogP contribution in [0.4, 0.5) is 10.1 Å². The van der Waals surface area contributed by atoms with Crippen LogP contribution in [0.5, 0.6) is 0 Å². The smallest absolute Gasteiger partial charge is 0.129 e. The average Bonchev–Trinajstić information content (AvgIpc) is 2.91. The van der Waals surface area contributed by atoms with E-state index < -0.39 is 0 Å². The summed E-state index contributed by atoms with van der Waals surface area (Å²) in [5.41, 5.74) is 7.01. The van der Waals surface area contributed by atoms with Crippen molar-refractivity contribution in [3.05, 3.63) is 76.2 Å². The minimum absolute atomic E-state index is 0.105. The fourth-order valence-electron chi connectivity index (χ4n) is 6.61. The summed E-state index contributed by atoms with van der Waals surface area (Å²) in [4.78, 5) is 7.24. The first kappa shape index (κ1) is 30.4. The lowest BCUT2D eigenvalue weighted by Crippen LogP contribution is -2.40. The van der Waals surface area contributed by atoms with Crippen molar-refractivity contribution < 1.29 is 4.39 Å². The lowest BCUT2D eigenvalue weighted by Gasteiger charge is -2.39. The van der Waals surface area contributed by atoms with Crippen molar-refractivity contribution in [3.63, 3.8) is 0 Å². The third-order valence-electron chi connectivity index (χ3n) is 9.19.